The average Bonchev–Trinajstić information content (AvgIpc) is 2.90. The van der Waals surface area contributed by atoms with Gasteiger partial charge in [-0.2, -0.15) is 0 Å². The summed E-state index contributed by atoms with van der Waals surface area (Å²) < 4.78 is 0. The van der Waals surface area contributed by atoms with E-state index in [0.29, 0.717) is 0 Å². The van der Waals surface area contributed by atoms with Crippen LogP contribution < -0.4 is 10.2 Å². The Hall–Kier alpha value is -1.06. The molecule has 1 N–H and O–H groups in total. The maximum Gasteiger partial charge on any atom is 0.0399 e. The van der Waals surface area contributed by atoms with Gasteiger partial charge in [0.15, 0.2) is 0 Å². The van der Waals surface area contributed by atoms with E-state index in [4.69, 9.17) is 0 Å². The lowest BCUT2D eigenvalue weighted by Crippen LogP contribution is -2.38. The van der Waals surface area contributed by atoms with Crippen LogP contribution in [0, 0.1) is 5.92 Å². The third-order valence-electron chi connectivity index (χ3n) is 4.92. The summed E-state index contributed by atoms with van der Waals surface area (Å²) >= 11 is 0. The van der Waals surface area contributed by atoms with Crippen LogP contribution in [0.25, 0.3) is 0 Å². The van der Waals surface area contributed by atoms with Gasteiger partial charge in [0.05, 0.1) is 0 Å². The average molecular weight is 287 g/mol. The van der Waals surface area contributed by atoms with Crippen molar-refractivity contribution >= 4 is 5.69 Å². The third-order valence-corrected chi connectivity index (χ3v) is 4.92. The van der Waals surface area contributed by atoms with E-state index in [1.54, 1.807) is 0 Å². The maximum absolute atomic E-state index is 3.67. The molecular formula is C18H29N3. The summed E-state index contributed by atoms with van der Waals surface area (Å²) in [7, 11) is 2.25. The van der Waals surface area contributed by atoms with Crippen LogP contribution in [0.15, 0.2) is 24.3 Å². The van der Waals surface area contributed by atoms with Crippen molar-refractivity contribution in [1.29, 1.82) is 0 Å². The van der Waals surface area contributed by atoms with E-state index in [0.717, 1.165) is 12.5 Å². The number of anilines is 1. The fraction of sp³-hybridized carbons (Fsp3) is 0.667. The van der Waals surface area contributed by atoms with Crippen molar-refractivity contribution in [1.82, 2.24) is 10.2 Å². The van der Waals surface area contributed by atoms with Crippen LogP contribution in [-0.2, 0) is 6.42 Å². The second kappa shape index (κ2) is 7.28. The molecule has 2 heterocycles. The fourth-order valence-electron chi connectivity index (χ4n) is 3.78. The summed E-state index contributed by atoms with van der Waals surface area (Å²) in [5, 5.41) is 3.67. The molecule has 3 rings (SSSR count). The molecule has 0 amide bonds. The molecule has 1 unspecified atom stereocenters. The van der Waals surface area contributed by atoms with E-state index in [-0.39, 0.29) is 0 Å². The Bertz CT molecular complexity index is 446. The number of hydrogen-bond acceptors (Lipinski definition) is 3. The molecule has 116 valence electrons. The highest BCUT2D eigenvalue weighted by Gasteiger charge is 2.18. The largest absolute Gasteiger partial charge is 0.371 e. The number of nitrogens with zero attached hydrogens (tertiary/aromatic N) is 2. The summed E-state index contributed by atoms with van der Waals surface area (Å²) in [6.45, 7) is 7.29. The first-order valence-electron chi connectivity index (χ1n) is 8.55. The molecule has 1 fully saturated rings. The van der Waals surface area contributed by atoms with Crippen LogP contribution in [0.4, 0.5) is 5.69 Å². The summed E-state index contributed by atoms with van der Waals surface area (Å²) in [6.07, 6.45) is 5.24. The van der Waals surface area contributed by atoms with Crippen LogP contribution >= 0.6 is 0 Å². The minimum Gasteiger partial charge on any atom is -0.371 e. The van der Waals surface area contributed by atoms with Crippen LogP contribution in [0.5, 0.6) is 0 Å². The highest BCUT2D eigenvalue weighted by Crippen LogP contribution is 2.27. The molecule has 1 saturated heterocycles. The lowest BCUT2D eigenvalue weighted by molar-refractivity contribution is 0.206. The van der Waals surface area contributed by atoms with Crippen molar-refractivity contribution in [2.45, 2.75) is 25.7 Å². The first kappa shape index (κ1) is 14.9. The SMILES string of the molecule is CN1CCCC(CNCCCN2CCc3ccccc32)C1. The first-order chi connectivity index (χ1) is 10.3. The van der Waals surface area contributed by atoms with Crippen molar-refractivity contribution in [3.63, 3.8) is 0 Å². The van der Waals surface area contributed by atoms with Gasteiger partial charge in [0.2, 0.25) is 0 Å². The molecule has 2 aliphatic rings. The number of hydrogen-bond donors (Lipinski definition) is 1. The standard InChI is InChI=1S/C18H29N3/c1-20-11-4-6-16(15-20)14-19-10-5-12-21-13-9-17-7-2-3-8-18(17)21/h2-3,7-8,16,19H,4-6,9-15H2,1H3. The number of nitrogens with one attached hydrogen (secondary N) is 1. The van der Waals surface area contributed by atoms with Gasteiger partial charge in [0, 0.05) is 25.3 Å². The predicted octanol–water partition coefficient (Wildman–Crippen LogP) is 2.37. The normalized spacial score (nSPS) is 22.5. The topological polar surface area (TPSA) is 18.5 Å². The Balaban J connectivity index is 1.32. The van der Waals surface area contributed by atoms with Gasteiger partial charge in [-0.3, -0.25) is 0 Å². The number of benzene rings is 1. The van der Waals surface area contributed by atoms with Crippen molar-refractivity contribution < 1.29 is 0 Å². The maximum atomic E-state index is 3.67. The highest BCUT2D eigenvalue weighted by atomic mass is 15.1. The minimum atomic E-state index is 0.858. The molecule has 3 heteroatoms. The van der Waals surface area contributed by atoms with Gasteiger partial charge in [-0.25, -0.2) is 0 Å². The summed E-state index contributed by atoms with van der Waals surface area (Å²) in [5.74, 6) is 0.858. The fourth-order valence-corrected chi connectivity index (χ4v) is 3.78. The second-order valence-electron chi connectivity index (χ2n) is 6.69. The van der Waals surface area contributed by atoms with E-state index in [1.807, 2.05) is 0 Å². The molecule has 1 atom stereocenters. The molecule has 1 aromatic rings. The highest BCUT2D eigenvalue weighted by molar-refractivity contribution is 5.57. The molecular weight excluding hydrogens is 258 g/mol. The molecule has 0 saturated carbocycles. The third kappa shape index (κ3) is 3.98. The number of rotatable bonds is 6. The summed E-state index contributed by atoms with van der Waals surface area (Å²) in [6, 6.07) is 8.86. The van der Waals surface area contributed by atoms with Crippen molar-refractivity contribution in [2.75, 3.05) is 51.2 Å². The van der Waals surface area contributed by atoms with Crippen LogP contribution in [-0.4, -0.2) is 51.2 Å². The lowest BCUT2D eigenvalue weighted by Gasteiger charge is -2.29. The molecule has 3 nitrogen and oxygen atoms in total. The molecule has 0 aliphatic carbocycles. The van der Waals surface area contributed by atoms with Gasteiger partial charge in [-0.05, 0) is 69.9 Å². The predicted molar refractivity (Wildman–Crippen MR) is 90.1 cm³/mol. The Kier molecular flexibility index (Phi) is 5.15. The molecule has 0 radical (unpaired) electrons. The molecule has 0 spiro atoms. The summed E-state index contributed by atoms with van der Waals surface area (Å²) in [4.78, 5) is 5.02. The van der Waals surface area contributed by atoms with Gasteiger partial charge in [-0.15, -0.1) is 0 Å². The van der Waals surface area contributed by atoms with Gasteiger partial charge in [0.1, 0.15) is 0 Å². The smallest absolute Gasteiger partial charge is 0.0399 e. The Morgan fingerprint density at radius 3 is 3.05 bits per heavy atom. The summed E-state index contributed by atoms with van der Waals surface area (Å²) in [5.41, 5.74) is 2.99. The molecule has 2 aliphatic heterocycles. The molecule has 21 heavy (non-hydrogen) atoms. The second-order valence-corrected chi connectivity index (χ2v) is 6.69. The lowest BCUT2D eigenvalue weighted by atomic mass is 9.98. The Morgan fingerprint density at radius 1 is 1.24 bits per heavy atom. The zero-order valence-electron chi connectivity index (χ0n) is 13.4. The monoisotopic (exact) mass is 287 g/mol. The Morgan fingerprint density at radius 2 is 2.14 bits per heavy atom. The zero-order chi connectivity index (χ0) is 14.5. The quantitative estimate of drug-likeness (QED) is 0.810. The number of likely N-dealkylation sites (tertiary alicyclic amines) is 1. The van der Waals surface area contributed by atoms with E-state index in [9.17, 15) is 0 Å². The number of fused-ring (bicyclic) bond motifs is 1. The Labute approximate surface area is 129 Å². The molecule has 0 bridgehead atoms. The minimum absolute atomic E-state index is 0.858. The van der Waals surface area contributed by atoms with Crippen molar-refractivity contribution in [3.05, 3.63) is 29.8 Å². The number of para-hydroxylation sites is 1. The van der Waals surface area contributed by atoms with Crippen LogP contribution in [0.1, 0.15) is 24.8 Å². The van der Waals surface area contributed by atoms with Gasteiger partial charge < -0.3 is 15.1 Å². The van der Waals surface area contributed by atoms with E-state index in [1.165, 1.54) is 69.7 Å². The van der Waals surface area contributed by atoms with Crippen molar-refractivity contribution in [3.8, 4) is 0 Å². The van der Waals surface area contributed by atoms with Gasteiger partial charge >= 0.3 is 0 Å². The number of piperidine rings is 1. The first-order valence-corrected chi connectivity index (χ1v) is 8.55. The molecule has 1 aromatic carbocycles. The van der Waals surface area contributed by atoms with E-state index < -0.39 is 0 Å². The van der Waals surface area contributed by atoms with Gasteiger partial charge in [-0.1, -0.05) is 18.2 Å². The van der Waals surface area contributed by atoms with Crippen LogP contribution in [0.2, 0.25) is 0 Å². The van der Waals surface area contributed by atoms with Crippen LogP contribution in [0.3, 0.4) is 0 Å². The van der Waals surface area contributed by atoms with Crippen molar-refractivity contribution in [2.24, 2.45) is 5.92 Å². The van der Waals surface area contributed by atoms with E-state index >= 15 is 0 Å². The van der Waals surface area contributed by atoms with E-state index in [2.05, 4.69) is 46.4 Å². The zero-order valence-corrected chi connectivity index (χ0v) is 13.4. The van der Waals surface area contributed by atoms with Gasteiger partial charge in [0.25, 0.3) is 0 Å². The molecule has 0 aromatic heterocycles.